The second kappa shape index (κ2) is 6.90. The van der Waals surface area contributed by atoms with E-state index in [2.05, 4.69) is 31.0 Å². The van der Waals surface area contributed by atoms with Crippen LogP contribution in [0.1, 0.15) is 47.0 Å². The lowest BCUT2D eigenvalue weighted by Crippen LogP contribution is -2.54. The molecule has 116 valence electrons. The summed E-state index contributed by atoms with van der Waals surface area (Å²) in [4.78, 5) is 14.7. The monoisotopic (exact) mass is 282 g/mol. The number of nitrogens with one attached hydrogen (secondary N) is 1. The third-order valence-electron chi connectivity index (χ3n) is 5.23. The number of carbonyl (C=O) groups excluding carboxylic acids is 1. The smallest absolute Gasteiger partial charge is 0.237 e. The van der Waals surface area contributed by atoms with Gasteiger partial charge in [-0.05, 0) is 32.1 Å². The van der Waals surface area contributed by atoms with Gasteiger partial charge in [0.1, 0.15) is 0 Å². The van der Waals surface area contributed by atoms with E-state index in [-0.39, 0.29) is 18.1 Å². The van der Waals surface area contributed by atoms with E-state index in [1.165, 1.54) is 12.8 Å². The van der Waals surface area contributed by atoms with Crippen LogP contribution in [0.5, 0.6) is 0 Å². The van der Waals surface area contributed by atoms with Gasteiger partial charge in [0.15, 0.2) is 0 Å². The number of hydrogen-bond donors (Lipinski definition) is 1. The highest BCUT2D eigenvalue weighted by Gasteiger charge is 2.31. The summed E-state index contributed by atoms with van der Waals surface area (Å²) in [6.07, 6.45) is 3.89. The maximum atomic E-state index is 12.5. The summed E-state index contributed by atoms with van der Waals surface area (Å²) in [6, 6.07) is 0.304. The van der Waals surface area contributed by atoms with Gasteiger partial charge < -0.3 is 10.1 Å². The Morgan fingerprint density at radius 2 is 2.05 bits per heavy atom. The van der Waals surface area contributed by atoms with E-state index in [1.54, 1.807) is 0 Å². The van der Waals surface area contributed by atoms with E-state index in [9.17, 15) is 4.79 Å². The molecule has 1 saturated heterocycles. The molecule has 2 fully saturated rings. The normalized spacial score (nSPS) is 37.4. The number of ether oxygens (including phenoxy) is 1. The first-order chi connectivity index (χ1) is 9.49. The number of rotatable bonds is 3. The Balaban J connectivity index is 1.87. The zero-order valence-electron chi connectivity index (χ0n) is 13.4. The van der Waals surface area contributed by atoms with Crippen molar-refractivity contribution in [2.75, 3.05) is 19.7 Å². The van der Waals surface area contributed by atoms with Gasteiger partial charge in [0.05, 0.1) is 18.8 Å². The molecular formula is C16H30N2O2. The third-order valence-corrected chi connectivity index (χ3v) is 5.23. The summed E-state index contributed by atoms with van der Waals surface area (Å²) < 4.78 is 5.55. The van der Waals surface area contributed by atoms with Crippen molar-refractivity contribution in [1.29, 1.82) is 0 Å². The molecule has 0 bridgehead atoms. The van der Waals surface area contributed by atoms with Crippen LogP contribution in [-0.4, -0.2) is 48.7 Å². The van der Waals surface area contributed by atoms with Crippen LogP contribution < -0.4 is 5.32 Å². The van der Waals surface area contributed by atoms with Gasteiger partial charge in [0, 0.05) is 19.1 Å². The van der Waals surface area contributed by atoms with Gasteiger partial charge in [-0.3, -0.25) is 9.69 Å². The Bertz CT molecular complexity index is 334. The van der Waals surface area contributed by atoms with Gasteiger partial charge in [0.2, 0.25) is 5.91 Å². The van der Waals surface area contributed by atoms with Crippen LogP contribution in [0.4, 0.5) is 0 Å². The quantitative estimate of drug-likeness (QED) is 0.861. The number of amides is 1. The molecule has 2 aliphatic rings. The van der Waals surface area contributed by atoms with Gasteiger partial charge in [-0.2, -0.15) is 0 Å². The van der Waals surface area contributed by atoms with E-state index < -0.39 is 0 Å². The van der Waals surface area contributed by atoms with E-state index in [4.69, 9.17) is 4.74 Å². The summed E-state index contributed by atoms with van der Waals surface area (Å²) in [5.74, 6) is 1.49. The molecule has 1 aliphatic carbocycles. The van der Waals surface area contributed by atoms with Gasteiger partial charge in [0.25, 0.3) is 0 Å². The first-order valence-electron chi connectivity index (χ1n) is 8.15. The summed E-state index contributed by atoms with van der Waals surface area (Å²) in [6.45, 7) is 11.1. The van der Waals surface area contributed by atoms with Crippen LogP contribution in [-0.2, 0) is 9.53 Å². The van der Waals surface area contributed by atoms with Crippen molar-refractivity contribution in [3.8, 4) is 0 Å². The molecule has 0 aromatic rings. The Kier molecular flexibility index (Phi) is 5.44. The molecule has 4 heteroatoms. The van der Waals surface area contributed by atoms with Crippen LogP contribution in [0.25, 0.3) is 0 Å². The zero-order chi connectivity index (χ0) is 14.7. The Morgan fingerprint density at radius 3 is 2.75 bits per heavy atom. The molecule has 0 aromatic heterocycles. The molecule has 0 aromatic carbocycles. The fraction of sp³-hybridized carbons (Fsp3) is 0.938. The second-order valence-corrected chi connectivity index (χ2v) is 6.73. The molecule has 0 radical (unpaired) electrons. The minimum absolute atomic E-state index is 0.0502. The average molecular weight is 282 g/mol. The maximum absolute atomic E-state index is 12.5. The Labute approximate surface area is 123 Å². The first-order valence-corrected chi connectivity index (χ1v) is 8.15. The van der Waals surface area contributed by atoms with E-state index in [0.717, 1.165) is 26.1 Å². The molecule has 5 unspecified atom stereocenters. The lowest BCUT2D eigenvalue weighted by atomic mass is 9.78. The summed E-state index contributed by atoms with van der Waals surface area (Å²) in [5, 5.41) is 3.29. The highest BCUT2D eigenvalue weighted by Crippen LogP contribution is 2.29. The zero-order valence-corrected chi connectivity index (χ0v) is 13.4. The van der Waals surface area contributed by atoms with E-state index in [1.807, 2.05) is 6.92 Å². The van der Waals surface area contributed by atoms with Crippen molar-refractivity contribution in [2.45, 2.75) is 65.1 Å². The molecular weight excluding hydrogens is 252 g/mol. The topological polar surface area (TPSA) is 41.6 Å². The third kappa shape index (κ3) is 3.73. The largest absolute Gasteiger partial charge is 0.376 e. The fourth-order valence-corrected chi connectivity index (χ4v) is 3.45. The molecule has 2 rings (SSSR count). The molecule has 1 heterocycles. The number of morpholine rings is 1. The Morgan fingerprint density at radius 1 is 1.30 bits per heavy atom. The summed E-state index contributed by atoms with van der Waals surface area (Å²) in [5.41, 5.74) is 0. The average Bonchev–Trinajstić information content (AvgIpc) is 2.43. The van der Waals surface area contributed by atoms with Crippen LogP contribution in [0.2, 0.25) is 0 Å². The molecule has 4 nitrogen and oxygen atoms in total. The lowest BCUT2D eigenvalue weighted by Gasteiger charge is -2.38. The highest BCUT2D eigenvalue weighted by atomic mass is 16.5. The summed E-state index contributed by atoms with van der Waals surface area (Å²) in [7, 11) is 0. The van der Waals surface area contributed by atoms with Gasteiger partial charge in [-0.15, -0.1) is 0 Å². The van der Waals surface area contributed by atoms with Crippen LogP contribution in [0.3, 0.4) is 0 Å². The van der Waals surface area contributed by atoms with Crippen molar-refractivity contribution in [2.24, 2.45) is 11.8 Å². The molecule has 5 atom stereocenters. The van der Waals surface area contributed by atoms with E-state index in [0.29, 0.717) is 17.9 Å². The van der Waals surface area contributed by atoms with Crippen LogP contribution in [0, 0.1) is 11.8 Å². The van der Waals surface area contributed by atoms with Crippen molar-refractivity contribution < 1.29 is 9.53 Å². The molecule has 1 N–H and O–H groups in total. The van der Waals surface area contributed by atoms with E-state index >= 15 is 0 Å². The second-order valence-electron chi connectivity index (χ2n) is 6.73. The Hall–Kier alpha value is -0.610. The molecule has 1 amide bonds. The van der Waals surface area contributed by atoms with Crippen molar-refractivity contribution in [1.82, 2.24) is 10.2 Å². The standard InChI is InChI=1S/C16H30N2O2/c1-11-6-5-7-15(13(11)3)17-16(19)14(4)18-8-9-20-12(2)10-18/h11-15H,5-10H2,1-4H3,(H,17,19). The highest BCUT2D eigenvalue weighted by molar-refractivity contribution is 5.81. The predicted molar refractivity (Wildman–Crippen MR) is 80.6 cm³/mol. The van der Waals surface area contributed by atoms with Crippen molar-refractivity contribution >= 4 is 5.91 Å². The number of hydrogen-bond acceptors (Lipinski definition) is 3. The minimum atomic E-state index is -0.0502. The molecule has 1 aliphatic heterocycles. The van der Waals surface area contributed by atoms with Gasteiger partial charge >= 0.3 is 0 Å². The fourth-order valence-electron chi connectivity index (χ4n) is 3.45. The van der Waals surface area contributed by atoms with Gasteiger partial charge in [-0.25, -0.2) is 0 Å². The molecule has 0 spiro atoms. The lowest BCUT2D eigenvalue weighted by molar-refractivity contribution is -0.130. The number of carbonyl (C=O) groups is 1. The number of nitrogens with zero attached hydrogens (tertiary/aromatic N) is 1. The predicted octanol–water partition coefficient (Wildman–Crippen LogP) is 2.04. The minimum Gasteiger partial charge on any atom is -0.376 e. The summed E-state index contributed by atoms with van der Waals surface area (Å²) >= 11 is 0. The van der Waals surface area contributed by atoms with Crippen molar-refractivity contribution in [3.05, 3.63) is 0 Å². The van der Waals surface area contributed by atoms with Gasteiger partial charge in [-0.1, -0.05) is 26.7 Å². The van der Waals surface area contributed by atoms with Crippen LogP contribution in [0.15, 0.2) is 0 Å². The molecule has 20 heavy (non-hydrogen) atoms. The van der Waals surface area contributed by atoms with Crippen LogP contribution >= 0.6 is 0 Å². The maximum Gasteiger partial charge on any atom is 0.237 e. The first kappa shape index (κ1) is 15.8. The van der Waals surface area contributed by atoms with Crippen molar-refractivity contribution in [3.63, 3.8) is 0 Å². The SMILES string of the molecule is CC1CN(C(C)C(=O)NC2CCCC(C)C2C)CCO1. The molecule has 1 saturated carbocycles.